The number of benzene rings is 1. The highest BCUT2D eigenvalue weighted by Crippen LogP contribution is 2.28. The molecule has 1 aromatic heterocycles. The van der Waals surface area contributed by atoms with Crippen LogP contribution in [0.3, 0.4) is 0 Å². The third kappa shape index (κ3) is 3.48. The van der Waals surface area contributed by atoms with E-state index < -0.39 is 9.84 Å². The van der Waals surface area contributed by atoms with Crippen LogP contribution in [0.5, 0.6) is 5.75 Å². The first-order valence-electron chi connectivity index (χ1n) is 6.10. The van der Waals surface area contributed by atoms with Crippen LogP contribution >= 0.6 is 0 Å². The second-order valence-corrected chi connectivity index (χ2v) is 6.34. The van der Waals surface area contributed by atoms with E-state index in [1.165, 1.54) is 6.07 Å². The topological polar surface area (TPSA) is 82.3 Å². The zero-order valence-electron chi connectivity index (χ0n) is 11.1. The lowest BCUT2D eigenvalue weighted by atomic mass is 10.3. The van der Waals surface area contributed by atoms with Crippen LogP contribution in [-0.2, 0) is 16.3 Å². The molecule has 6 heteroatoms. The number of nitrogens with two attached hydrogens (primary N) is 1. The summed E-state index contributed by atoms with van der Waals surface area (Å²) >= 11 is 0. The van der Waals surface area contributed by atoms with Crippen molar-refractivity contribution >= 4 is 15.5 Å². The molecule has 0 bridgehead atoms. The van der Waals surface area contributed by atoms with Crippen molar-refractivity contribution in [3.8, 4) is 5.75 Å². The van der Waals surface area contributed by atoms with Gasteiger partial charge < -0.3 is 10.5 Å². The predicted molar refractivity (Wildman–Crippen MR) is 77.4 cm³/mol. The highest BCUT2D eigenvalue weighted by molar-refractivity contribution is 7.90. The molecular formula is C14H16N2O3S. The molecule has 106 valence electrons. The Balaban J connectivity index is 2.07. The van der Waals surface area contributed by atoms with Gasteiger partial charge in [0.2, 0.25) is 0 Å². The largest absolute Gasteiger partial charge is 0.491 e. The Labute approximate surface area is 118 Å². The molecule has 0 atom stereocenters. The number of ether oxygens (including phenoxy) is 1. The number of anilines is 1. The molecule has 0 amide bonds. The lowest BCUT2D eigenvalue weighted by molar-refractivity contribution is 0.321. The summed E-state index contributed by atoms with van der Waals surface area (Å²) in [6, 6.07) is 10.4. The molecule has 0 radical (unpaired) electrons. The van der Waals surface area contributed by atoms with Crippen LogP contribution in [0.15, 0.2) is 47.5 Å². The lowest BCUT2D eigenvalue weighted by Gasteiger charge is -2.11. The van der Waals surface area contributed by atoms with Crippen molar-refractivity contribution in [2.24, 2.45) is 0 Å². The third-order valence-electron chi connectivity index (χ3n) is 2.77. The van der Waals surface area contributed by atoms with Crippen LogP contribution in [0.25, 0.3) is 0 Å². The Morgan fingerprint density at radius 3 is 2.65 bits per heavy atom. The van der Waals surface area contributed by atoms with E-state index in [2.05, 4.69) is 4.98 Å². The fourth-order valence-corrected chi connectivity index (χ4v) is 2.61. The van der Waals surface area contributed by atoms with E-state index in [0.29, 0.717) is 18.8 Å². The van der Waals surface area contributed by atoms with E-state index in [4.69, 9.17) is 10.5 Å². The quantitative estimate of drug-likeness (QED) is 0.848. The Bertz CT molecular complexity index is 685. The fraction of sp³-hybridized carbons (Fsp3) is 0.214. The van der Waals surface area contributed by atoms with Gasteiger partial charge in [-0.2, -0.15) is 0 Å². The fourth-order valence-electron chi connectivity index (χ4n) is 1.78. The number of hydrogen-bond donors (Lipinski definition) is 1. The first kappa shape index (κ1) is 14.3. The third-order valence-corrected chi connectivity index (χ3v) is 3.92. The molecule has 0 saturated heterocycles. The molecule has 0 spiro atoms. The maximum absolute atomic E-state index is 11.6. The normalized spacial score (nSPS) is 11.2. The molecule has 1 aromatic carbocycles. The SMILES string of the molecule is CS(=O)(=O)c1cccc(OCCc2ccccn2)c1N. The molecule has 0 aliphatic rings. The second kappa shape index (κ2) is 5.92. The summed E-state index contributed by atoms with van der Waals surface area (Å²) < 4.78 is 28.7. The first-order chi connectivity index (χ1) is 9.48. The number of nitrogen functional groups attached to an aromatic ring is 1. The van der Waals surface area contributed by atoms with Crippen molar-refractivity contribution < 1.29 is 13.2 Å². The first-order valence-corrected chi connectivity index (χ1v) is 7.99. The number of para-hydroxylation sites is 1. The molecule has 0 aliphatic heterocycles. The van der Waals surface area contributed by atoms with Crippen molar-refractivity contribution in [3.05, 3.63) is 48.3 Å². The molecule has 5 nitrogen and oxygen atoms in total. The van der Waals surface area contributed by atoms with Crippen LogP contribution in [0.2, 0.25) is 0 Å². The second-order valence-electron chi connectivity index (χ2n) is 4.36. The Hall–Kier alpha value is -2.08. The molecule has 0 unspecified atom stereocenters. The van der Waals surface area contributed by atoms with Gasteiger partial charge in [-0.3, -0.25) is 4.98 Å². The number of aromatic nitrogens is 1. The van der Waals surface area contributed by atoms with Crippen molar-refractivity contribution in [1.82, 2.24) is 4.98 Å². The van der Waals surface area contributed by atoms with Gasteiger partial charge in [-0.25, -0.2) is 8.42 Å². The van der Waals surface area contributed by atoms with Gasteiger partial charge in [0.25, 0.3) is 0 Å². The van der Waals surface area contributed by atoms with Gasteiger partial charge in [0, 0.05) is 24.6 Å². The standard InChI is InChI=1S/C14H16N2O3S/c1-20(17,18)13-7-4-6-12(14(13)15)19-10-8-11-5-2-3-9-16-11/h2-7,9H,8,10,15H2,1H3. The molecule has 20 heavy (non-hydrogen) atoms. The minimum atomic E-state index is -3.35. The minimum Gasteiger partial charge on any atom is -0.491 e. The summed E-state index contributed by atoms with van der Waals surface area (Å²) in [6.45, 7) is 0.383. The number of pyridine rings is 1. The molecule has 2 rings (SSSR count). The highest BCUT2D eigenvalue weighted by atomic mass is 32.2. The van der Waals surface area contributed by atoms with Crippen molar-refractivity contribution in [2.45, 2.75) is 11.3 Å². The molecule has 0 fully saturated rings. The van der Waals surface area contributed by atoms with Gasteiger partial charge >= 0.3 is 0 Å². The Morgan fingerprint density at radius 2 is 2.00 bits per heavy atom. The van der Waals surface area contributed by atoms with E-state index >= 15 is 0 Å². The maximum Gasteiger partial charge on any atom is 0.177 e. The summed E-state index contributed by atoms with van der Waals surface area (Å²) in [5, 5.41) is 0. The van der Waals surface area contributed by atoms with Crippen molar-refractivity contribution in [1.29, 1.82) is 0 Å². The molecule has 0 saturated carbocycles. The highest BCUT2D eigenvalue weighted by Gasteiger charge is 2.14. The summed E-state index contributed by atoms with van der Waals surface area (Å²) in [5.74, 6) is 0.379. The zero-order valence-corrected chi connectivity index (χ0v) is 11.9. The summed E-state index contributed by atoms with van der Waals surface area (Å²) in [7, 11) is -3.35. The summed E-state index contributed by atoms with van der Waals surface area (Å²) in [4.78, 5) is 4.27. The minimum absolute atomic E-state index is 0.0906. The zero-order chi connectivity index (χ0) is 14.6. The van der Waals surface area contributed by atoms with Crippen molar-refractivity contribution in [2.75, 3.05) is 18.6 Å². The molecule has 2 N–H and O–H groups in total. The van der Waals surface area contributed by atoms with Crippen molar-refractivity contribution in [3.63, 3.8) is 0 Å². The molecule has 2 aromatic rings. The number of sulfone groups is 1. The van der Waals surface area contributed by atoms with E-state index in [1.54, 1.807) is 18.3 Å². The van der Waals surface area contributed by atoms with Crippen LogP contribution in [-0.4, -0.2) is 26.3 Å². The van der Waals surface area contributed by atoms with E-state index in [0.717, 1.165) is 11.9 Å². The summed E-state index contributed by atoms with van der Waals surface area (Å²) in [6.07, 6.45) is 3.47. The number of hydrogen-bond acceptors (Lipinski definition) is 5. The van der Waals surface area contributed by atoms with Gasteiger partial charge in [-0.1, -0.05) is 12.1 Å². The van der Waals surface area contributed by atoms with Crippen LogP contribution in [0.4, 0.5) is 5.69 Å². The lowest BCUT2D eigenvalue weighted by Crippen LogP contribution is -2.07. The smallest absolute Gasteiger partial charge is 0.177 e. The predicted octanol–water partition coefficient (Wildman–Crippen LogP) is 1.69. The number of nitrogens with zero attached hydrogens (tertiary/aromatic N) is 1. The van der Waals surface area contributed by atoms with Gasteiger partial charge in [0.1, 0.15) is 5.75 Å². The Morgan fingerprint density at radius 1 is 1.20 bits per heavy atom. The Kier molecular flexibility index (Phi) is 4.24. The van der Waals surface area contributed by atoms with E-state index in [1.807, 2.05) is 18.2 Å². The van der Waals surface area contributed by atoms with Gasteiger partial charge in [-0.05, 0) is 24.3 Å². The average Bonchev–Trinajstić information content (AvgIpc) is 2.40. The van der Waals surface area contributed by atoms with Crippen LogP contribution in [0, 0.1) is 0 Å². The van der Waals surface area contributed by atoms with Gasteiger partial charge in [0.15, 0.2) is 9.84 Å². The molecule has 1 heterocycles. The van der Waals surface area contributed by atoms with E-state index in [-0.39, 0.29) is 10.6 Å². The van der Waals surface area contributed by atoms with Crippen LogP contribution in [0.1, 0.15) is 5.69 Å². The molecular weight excluding hydrogens is 276 g/mol. The number of rotatable bonds is 5. The van der Waals surface area contributed by atoms with Gasteiger partial charge in [-0.15, -0.1) is 0 Å². The summed E-state index contributed by atoms with van der Waals surface area (Å²) in [5.41, 5.74) is 6.89. The van der Waals surface area contributed by atoms with Crippen LogP contribution < -0.4 is 10.5 Å². The maximum atomic E-state index is 11.6. The van der Waals surface area contributed by atoms with Gasteiger partial charge in [0.05, 0.1) is 17.2 Å². The molecule has 0 aliphatic carbocycles. The van der Waals surface area contributed by atoms with E-state index in [9.17, 15) is 8.42 Å². The monoisotopic (exact) mass is 292 g/mol. The average molecular weight is 292 g/mol.